The van der Waals surface area contributed by atoms with Gasteiger partial charge in [-0.1, -0.05) is 44.5 Å². The van der Waals surface area contributed by atoms with Gasteiger partial charge in [0, 0.05) is 17.2 Å². The van der Waals surface area contributed by atoms with Crippen molar-refractivity contribution in [1.82, 2.24) is 9.78 Å². The van der Waals surface area contributed by atoms with Crippen LogP contribution in [0.5, 0.6) is 17.2 Å². The molecular weight excluding hydrogens is 404 g/mol. The lowest BCUT2D eigenvalue weighted by atomic mass is 9.99. The Labute approximate surface area is 181 Å². The van der Waals surface area contributed by atoms with Gasteiger partial charge in [-0.25, -0.2) is 0 Å². The molecule has 0 spiro atoms. The summed E-state index contributed by atoms with van der Waals surface area (Å²) >= 11 is 5.88. The van der Waals surface area contributed by atoms with E-state index < -0.39 is 0 Å². The molecule has 0 bridgehead atoms. The number of benzene rings is 2. The Morgan fingerprint density at radius 1 is 1.00 bits per heavy atom. The molecule has 6 nitrogen and oxygen atoms in total. The van der Waals surface area contributed by atoms with Crippen LogP contribution in [0.1, 0.15) is 26.3 Å². The van der Waals surface area contributed by atoms with Gasteiger partial charge in [0.05, 0.1) is 25.6 Å². The molecule has 0 radical (unpaired) electrons. The van der Waals surface area contributed by atoms with Crippen LogP contribution in [0.25, 0.3) is 5.69 Å². The van der Waals surface area contributed by atoms with Crippen LogP contribution in [0.15, 0.2) is 59.5 Å². The van der Waals surface area contributed by atoms with Crippen molar-refractivity contribution in [3.8, 4) is 22.9 Å². The van der Waals surface area contributed by atoms with Crippen molar-refractivity contribution in [2.75, 3.05) is 13.7 Å². The molecule has 0 aliphatic heterocycles. The molecule has 158 valence electrons. The van der Waals surface area contributed by atoms with Crippen LogP contribution in [0.3, 0.4) is 0 Å². The summed E-state index contributed by atoms with van der Waals surface area (Å²) in [5.41, 5.74) is 1.22. The molecular formula is C23H25ClN2O4. The summed E-state index contributed by atoms with van der Waals surface area (Å²) in [5, 5.41) is 4.89. The van der Waals surface area contributed by atoms with Crippen LogP contribution in [0.4, 0.5) is 0 Å². The van der Waals surface area contributed by atoms with Crippen LogP contribution in [-0.4, -0.2) is 23.5 Å². The fraction of sp³-hybridized carbons (Fsp3) is 0.304. The maximum atomic E-state index is 12.6. The molecule has 0 saturated heterocycles. The first-order valence-corrected chi connectivity index (χ1v) is 9.91. The quantitative estimate of drug-likeness (QED) is 0.535. The maximum Gasteiger partial charge on any atom is 0.275 e. The molecule has 0 atom stereocenters. The number of hydrogen-bond acceptors (Lipinski definition) is 5. The maximum absolute atomic E-state index is 12.6. The van der Waals surface area contributed by atoms with E-state index in [0.717, 1.165) is 5.56 Å². The Morgan fingerprint density at radius 2 is 1.73 bits per heavy atom. The highest BCUT2D eigenvalue weighted by Crippen LogP contribution is 2.30. The fourth-order valence-corrected chi connectivity index (χ4v) is 2.74. The lowest BCUT2D eigenvalue weighted by Gasteiger charge is -2.20. The number of hydrogen-bond donors (Lipinski definition) is 0. The van der Waals surface area contributed by atoms with E-state index >= 15 is 0 Å². The van der Waals surface area contributed by atoms with Crippen LogP contribution in [0.2, 0.25) is 5.02 Å². The van der Waals surface area contributed by atoms with E-state index in [-0.39, 0.29) is 11.0 Å². The molecule has 3 rings (SSSR count). The SMILES string of the molecule is COc1cc(-n2ncc(OCc3ccc(Cl)cc3)cc2=O)ccc1OCC(C)(C)C. The van der Waals surface area contributed by atoms with E-state index in [2.05, 4.69) is 25.9 Å². The second kappa shape index (κ2) is 9.22. The normalized spacial score (nSPS) is 11.2. The van der Waals surface area contributed by atoms with E-state index in [1.54, 1.807) is 37.4 Å². The third-order valence-electron chi connectivity index (χ3n) is 4.15. The standard InChI is InChI=1S/C23H25ClN2O4/c1-23(2,3)15-30-20-10-9-18(11-21(20)28-4)26-22(27)12-19(13-25-26)29-14-16-5-7-17(24)8-6-16/h5-13H,14-15H2,1-4H3. The number of ether oxygens (including phenoxy) is 3. The molecule has 0 saturated carbocycles. The fourth-order valence-electron chi connectivity index (χ4n) is 2.61. The van der Waals surface area contributed by atoms with Crippen LogP contribution >= 0.6 is 11.6 Å². The van der Waals surface area contributed by atoms with Crippen molar-refractivity contribution < 1.29 is 14.2 Å². The molecule has 0 unspecified atom stereocenters. The summed E-state index contributed by atoms with van der Waals surface area (Å²) in [7, 11) is 1.56. The minimum atomic E-state index is -0.311. The lowest BCUT2D eigenvalue weighted by Crippen LogP contribution is -2.20. The number of rotatable bonds is 7. The van der Waals surface area contributed by atoms with Gasteiger partial charge in [0.25, 0.3) is 5.56 Å². The summed E-state index contributed by atoms with van der Waals surface area (Å²) in [6, 6.07) is 14.0. The second-order valence-corrected chi connectivity index (χ2v) is 8.48. The molecule has 0 amide bonds. The van der Waals surface area contributed by atoms with Gasteiger partial charge in [-0.3, -0.25) is 4.79 Å². The molecule has 0 aliphatic carbocycles. The molecule has 2 aromatic carbocycles. The highest BCUT2D eigenvalue weighted by atomic mass is 35.5. The first kappa shape index (κ1) is 21.7. The largest absolute Gasteiger partial charge is 0.493 e. The zero-order valence-electron chi connectivity index (χ0n) is 17.5. The topological polar surface area (TPSA) is 62.6 Å². The predicted octanol–water partition coefficient (Wildman–Crippen LogP) is 4.90. The minimum absolute atomic E-state index is 0.0179. The first-order chi connectivity index (χ1) is 14.2. The molecule has 1 heterocycles. The van der Waals surface area contributed by atoms with Crippen molar-refractivity contribution in [2.45, 2.75) is 27.4 Å². The highest BCUT2D eigenvalue weighted by Gasteiger charge is 2.14. The van der Waals surface area contributed by atoms with Crippen molar-refractivity contribution >= 4 is 11.6 Å². The molecule has 0 aliphatic rings. The van der Waals surface area contributed by atoms with E-state index in [9.17, 15) is 4.79 Å². The van der Waals surface area contributed by atoms with E-state index in [1.165, 1.54) is 16.9 Å². The van der Waals surface area contributed by atoms with Gasteiger partial charge < -0.3 is 14.2 Å². The summed E-state index contributed by atoms with van der Waals surface area (Å²) in [4.78, 5) is 12.6. The zero-order chi connectivity index (χ0) is 21.7. The Bertz CT molecular complexity index is 1060. The second-order valence-electron chi connectivity index (χ2n) is 8.04. The Hall–Kier alpha value is -2.99. The van der Waals surface area contributed by atoms with Crippen LogP contribution < -0.4 is 19.8 Å². The molecule has 30 heavy (non-hydrogen) atoms. The first-order valence-electron chi connectivity index (χ1n) is 9.53. The number of methoxy groups -OCH3 is 1. The molecule has 1 aromatic heterocycles. The van der Waals surface area contributed by atoms with Gasteiger partial charge in [-0.15, -0.1) is 0 Å². The van der Waals surface area contributed by atoms with Gasteiger partial charge >= 0.3 is 0 Å². The zero-order valence-corrected chi connectivity index (χ0v) is 18.3. The van der Waals surface area contributed by atoms with E-state index in [0.29, 0.717) is 41.2 Å². The lowest BCUT2D eigenvalue weighted by molar-refractivity contribution is 0.191. The summed E-state index contributed by atoms with van der Waals surface area (Å²) in [6.07, 6.45) is 1.51. The highest BCUT2D eigenvalue weighted by molar-refractivity contribution is 6.30. The Balaban J connectivity index is 1.75. The van der Waals surface area contributed by atoms with Gasteiger partial charge in [0.15, 0.2) is 11.5 Å². The number of aromatic nitrogens is 2. The third kappa shape index (κ3) is 5.76. The van der Waals surface area contributed by atoms with Crippen molar-refractivity contribution in [3.05, 3.63) is 75.7 Å². The van der Waals surface area contributed by atoms with Gasteiger partial charge in [0.1, 0.15) is 12.4 Å². The van der Waals surface area contributed by atoms with Gasteiger partial charge in [-0.05, 0) is 35.2 Å². The van der Waals surface area contributed by atoms with Crippen molar-refractivity contribution in [3.63, 3.8) is 0 Å². The molecule has 0 fully saturated rings. The van der Waals surface area contributed by atoms with Crippen LogP contribution in [0, 0.1) is 5.41 Å². The molecule has 0 N–H and O–H groups in total. The Morgan fingerprint density at radius 3 is 2.37 bits per heavy atom. The smallest absolute Gasteiger partial charge is 0.275 e. The van der Waals surface area contributed by atoms with E-state index in [1.807, 2.05) is 12.1 Å². The Kier molecular flexibility index (Phi) is 6.67. The predicted molar refractivity (Wildman–Crippen MR) is 117 cm³/mol. The average molecular weight is 429 g/mol. The average Bonchev–Trinajstić information content (AvgIpc) is 2.71. The summed E-state index contributed by atoms with van der Waals surface area (Å²) < 4.78 is 18.2. The van der Waals surface area contributed by atoms with E-state index in [4.69, 9.17) is 25.8 Å². The minimum Gasteiger partial charge on any atom is -0.493 e. The van der Waals surface area contributed by atoms with Crippen molar-refractivity contribution in [2.24, 2.45) is 5.41 Å². The van der Waals surface area contributed by atoms with Crippen molar-refractivity contribution in [1.29, 1.82) is 0 Å². The molecule has 3 aromatic rings. The summed E-state index contributed by atoms with van der Waals surface area (Å²) in [5.74, 6) is 1.55. The van der Waals surface area contributed by atoms with Gasteiger partial charge in [0.2, 0.25) is 0 Å². The molecule has 7 heteroatoms. The van der Waals surface area contributed by atoms with Gasteiger partial charge in [-0.2, -0.15) is 9.78 Å². The third-order valence-corrected chi connectivity index (χ3v) is 4.40. The number of halogens is 1. The van der Waals surface area contributed by atoms with Crippen LogP contribution in [-0.2, 0) is 6.61 Å². The number of nitrogens with zero attached hydrogens (tertiary/aromatic N) is 2. The monoisotopic (exact) mass is 428 g/mol. The summed E-state index contributed by atoms with van der Waals surface area (Å²) in [6.45, 7) is 7.13.